The first kappa shape index (κ1) is 23.7. The lowest BCUT2D eigenvalue weighted by atomic mass is 9.47. The van der Waals surface area contributed by atoms with Crippen LogP contribution in [0.5, 0.6) is 0 Å². The van der Waals surface area contributed by atoms with Gasteiger partial charge in [0.1, 0.15) is 11.9 Å². The Morgan fingerprint density at radius 2 is 1.84 bits per heavy atom. The molecule has 5 atom stereocenters. The average Bonchev–Trinajstić information content (AvgIpc) is 2.65. The van der Waals surface area contributed by atoms with Crippen LogP contribution in [0.3, 0.4) is 0 Å². The molecule has 0 spiro atoms. The molecule has 3 aliphatic carbocycles. The normalized spacial score (nSPS) is 33.7. The van der Waals surface area contributed by atoms with Crippen LogP contribution >= 0.6 is 0 Å². The van der Waals surface area contributed by atoms with Gasteiger partial charge < -0.3 is 19.7 Å². The Hall–Kier alpha value is -1.99. The Labute approximate surface area is 183 Å². The van der Waals surface area contributed by atoms with E-state index in [1.165, 1.54) is 6.92 Å². The van der Waals surface area contributed by atoms with E-state index < -0.39 is 41.1 Å². The number of Topliss-reactive ketones (excluding diaryl/α,β-unsaturated/α-hetero) is 2. The molecule has 7 nitrogen and oxygen atoms in total. The molecule has 0 radical (unpaired) electrons. The van der Waals surface area contributed by atoms with E-state index >= 15 is 0 Å². The molecule has 3 unspecified atom stereocenters. The molecule has 0 aromatic rings. The summed E-state index contributed by atoms with van der Waals surface area (Å²) < 4.78 is 10.9. The van der Waals surface area contributed by atoms with Gasteiger partial charge in [-0.1, -0.05) is 34.1 Å². The van der Waals surface area contributed by atoms with Crippen molar-refractivity contribution in [2.75, 3.05) is 13.2 Å². The number of ketones is 2. The molecular formula is C24H34O7. The molecule has 172 valence electrons. The average molecular weight is 435 g/mol. The third-order valence-corrected chi connectivity index (χ3v) is 7.39. The molecule has 0 aliphatic heterocycles. The van der Waals surface area contributed by atoms with Crippen molar-refractivity contribution in [1.82, 2.24) is 0 Å². The highest BCUT2D eigenvalue weighted by molar-refractivity contribution is 6.50. The van der Waals surface area contributed by atoms with E-state index in [9.17, 15) is 24.6 Å². The van der Waals surface area contributed by atoms with Gasteiger partial charge in [0.05, 0.1) is 18.3 Å². The monoisotopic (exact) mass is 434 g/mol. The summed E-state index contributed by atoms with van der Waals surface area (Å²) in [5, 5.41) is 22.7. The van der Waals surface area contributed by atoms with E-state index in [2.05, 4.69) is 13.8 Å². The van der Waals surface area contributed by atoms with Crippen LogP contribution < -0.4 is 0 Å². The number of allylic oxidation sites excluding steroid dienone is 1. The van der Waals surface area contributed by atoms with Gasteiger partial charge in [0.15, 0.2) is 0 Å². The molecule has 1 fully saturated rings. The zero-order valence-corrected chi connectivity index (χ0v) is 19.3. The molecule has 0 aromatic heterocycles. The van der Waals surface area contributed by atoms with Gasteiger partial charge in [-0.3, -0.25) is 14.4 Å². The Morgan fingerprint density at radius 3 is 2.42 bits per heavy atom. The molecule has 0 saturated heterocycles. The van der Waals surface area contributed by atoms with Gasteiger partial charge in [-0.05, 0) is 25.2 Å². The fraction of sp³-hybridized carbons (Fsp3) is 0.708. The van der Waals surface area contributed by atoms with E-state index in [0.29, 0.717) is 6.42 Å². The predicted octanol–water partition coefficient (Wildman–Crippen LogP) is 3.06. The second kappa shape index (κ2) is 8.17. The number of carbonyl (C=O) groups is 3. The Balaban J connectivity index is 2.24. The third-order valence-electron chi connectivity index (χ3n) is 7.39. The number of fused-ring (bicyclic) bond motifs is 2. The summed E-state index contributed by atoms with van der Waals surface area (Å²) >= 11 is 0. The highest BCUT2D eigenvalue weighted by atomic mass is 16.5. The van der Waals surface area contributed by atoms with Gasteiger partial charge in [-0.25, -0.2) is 0 Å². The molecule has 2 N–H and O–H groups in total. The number of hydrogen-bond donors (Lipinski definition) is 2. The largest absolute Gasteiger partial charge is 0.507 e. The molecule has 3 rings (SSSR count). The van der Waals surface area contributed by atoms with E-state index in [4.69, 9.17) is 9.47 Å². The second-order valence-electron chi connectivity index (χ2n) is 10.0. The molecular weight excluding hydrogens is 400 g/mol. The van der Waals surface area contributed by atoms with Crippen LogP contribution in [0.25, 0.3) is 0 Å². The van der Waals surface area contributed by atoms with Crippen molar-refractivity contribution >= 4 is 17.5 Å². The maximum Gasteiger partial charge on any atom is 0.302 e. The van der Waals surface area contributed by atoms with Crippen molar-refractivity contribution in [1.29, 1.82) is 0 Å². The van der Waals surface area contributed by atoms with Crippen molar-refractivity contribution in [3.05, 3.63) is 22.5 Å². The Kier molecular flexibility index (Phi) is 6.24. The van der Waals surface area contributed by atoms with E-state index in [1.807, 2.05) is 6.92 Å². The molecule has 31 heavy (non-hydrogen) atoms. The summed E-state index contributed by atoms with van der Waals surface area (Å²) in [6, 6.07) is 0. The van der Waals surface area contributed by atoms with Crippen molar-refractivity contribution in [2.45, 2.75) is 73.0 Å². The molecule has 7 heteroatoms. The number of rotatable bonds is 5. The molecule has 0 heterocycles. The summed E-state index contributed by atoms with van der Waals surface area (Å²) in [4.78, 5) is 37.9. The minimum atomic E-state index is -0.938. The number of esters is 1. The minimum Gasteiger partial charge on any atom is -0.507 e. The number of aliphatic hydroxyl groups excluding tert-OH is 2. The summed E-state index contributed by atoms with van der Waals surface area (Å²) in [6.07, 6.45) is 0.529. The standard InChI is InChI=1S/C24H34O7/c1-7-30-21-15-16(24(6)10-8-9-23(4,5)22(24)20(21)29)19(28)18(27)14(17(15)26)12(2)11-31-13(3)25/h12,20-22,26,29H,7-11H2,1-6H3/t12?,20?,21?,22-,24+/m0/s1. The van der Waals surface area contributed by atoms with Crippen LogP contribution in [0.15, 0.2) is 22.5 Å². The van der Waals surface area contributed by atoms with Crippen LogP contribution in [-0.2, 0) is 23.9 Å². The number of ether oxygens (including phenoxy) is 2. The summed E-state index contributed by atoms with van der Waals surface area (Å²) in [5.74, 6) is -3.23. The Bertz CT molecular complexity index is 865. The maximum absolute atomic E-state index is 13.5. The zero-order chi connectivity index (χ0) is 23.3. The molecule has 3 aliphatic rings. The summed E-state index contributed by atoms with van der Waals surface area (Å²) in [6.45, 7) is 10.9. The molecule has 1 saturated carbocycles. The predicted molar refractivity (Wildman–Crippen MR) is 113 cm³/mol. The van der Waals surface area contributed by atoms with Crippen molar-refractivity contribution < 1.29 is 34.1 Å². The first-order valence-electron chi connectivity index (χ1n) is 11.1. The first-order chi connectivity index (χ1) is 14.4. The van der Waals surface area contributed by atoms with Crippen LogP contribution in [0.1, 0.15) is 60.8 Å². The fourth-order valence-electron chi connectivity index (χ4n) is 6.27. The third kappa shape index (κ3) is 3.65. The van der Waals surface area contributed by atoms with Crippen LogP contribution in [-0.4, -0.2) is 53.2 Å². The minimum absolute atomic E-state index is 0.0842. The topological polar surface area (TPSA) is 110 Å². The lowest BCUT2D eigenvalue weighted by molar-refractivity contribution is -0.146. The highest BCUT2D eigenvalue weighted by Crippen LogP contribution is 2.61. The van der Waals surface area contributed by atoms with E-state index in [-0.39, 0.29) is 47.0 Å². The maximum atomic E-state index is 13.5. The van der Waals surface area contributed by atoms with Crippen molar-refractivity contribution in [3.8, 4) is 0 Å². The van der Waals surface area contributed by atoms with E-state index in [0.717, 1.165) is 12.8 Å². The quantitative estimate of drug-likeness (QED) is 0.389. The lowest BCUT2D eigenvalue weighted by Crippen LogP contribution is -2.60. The Morgan fingerprint density at radius 1 is 1.19 bits per heavy atom. The SMILES string of the molecule is CCOC1C2=C(C(=O)C(=O)C(C(C)COC(C)=O)=C2O)[C@@]2(C)CCCC(C)(C)[C@@H]2C1O. The molecule has 0 amide bonds. The first-order valence-corrected chi connectivity index (χ1v) is 11.1. The number of aliphatic hydroxyl groups is 2. The van der Waals surface area contributed by atoms with Crippen LogP contribution in [0.4, 0.5) is 0 Å². The molecule has 0 aromatic carbocycles. The van der Waals surface area contributed by atoms with Gasteiger partial charge in [-0.2, -0.15) is 0 Å². The molecule has 0 bridgehead atoms. The van der Waals surface area contributed by atoms with Crippen molar-refractivity contribution in [2.24, 2.45) is 22.7 Å². The van der Waals surface area contributed by atoms with Gasteiger partial charge in [0.2, 0.25) is 11.6 Å². The van der Waals surface area contributed by atoms with Gasteiger partial charge >= 0.3 is 5.97 Å². The second-order valence-corrected chi connectivity index (χ2v) is 10.0. The fourth-order valence-corrected chi connectivity index (χ4v) is 6.27. The van der Waals surface area contributed by atoms with Crippen LogP contribution in [0, 0.1) is 22.7 Å². The summed E-state index contributed by atoms with van der Waals surface area (Å²) in [5.41, 5.74) is -0.611. The van der Waals surface area contributed by atoms with Crippen molar-refractivity contribution in [3.63, 3.8) is 0 Å². The van der Waals surface area contributed by atoms with Gasteiger partial charge in [0.25, 0.3) is 0 Å². The number of hydrogen-bond acceptors (Lipinski definition) is 7. The number of carbonyl (C=O) groups excluding carboxylic acids is 3. The van der Waals surface area contributed by atoms with Gasteiger partial charge in [-0.15, -0.1) is 0 Å². The smallest absolute Gasteiger partial charge is 0.302 e. The van der Waals surface area contributed by atoms with Gasteiger partial charge in [0, 0.05) is 41.9 Å². The van der Waals surface area contributed by atoms with E-state index in [1.54, 1.807) is 13.8 Å². The summed E-state index contributed by atoms with van der Waals surface area (Å²) in [7, 11) is 0. The van der Waals surface area contributed by atoms with Crippen LogP contribution in [0.2, 0.25) is 0 Å². The lowest BCUT2D eigenvalue weighted by Gasteiger charge is -2.58. The highest BCUT2D eigenvalue weighted by Gasteiger charge is 2.61. The zero-order valence-electron chi connectivity index (χ0n) is 19.3.